The highest BCUT2D eigenvalue weighted by Gasteiger charge is 1.97. The Morgan fingerprint density at radius 1 is 1.27 bits per heavy atom. The van der Waals surface area contributed by atoms with E-state index in [0.717, 1.165) is 13.1 Å². The molecule has 0 bridgehead atoms. The zero-order valence-corrected chi connectivity index (χ0v) is 9.76. The van der Waals surface area contributed by atoms with Crippen molar-refractivity contribution >= 4 is 5.78 Å². The maximum atomic E-state index is 10.7. The van der Waals surface area contributed by atoms with E-state index in [0.29, 0.717) is 6.42 Å². The highest BCUT2D eigenvalue weighted by Crippen LogP contribution is 2.09. The van der Waals surface area contributed by atoms with Gasteiger partial charge in [0, 0.05) is 19.5 Å². The number of rotatable bonds is 5. The molecule has 0 unspecified atom stereocenters. The van der Waals surface area contributed by atoms with Crippen molar-refractivity contribution in [3.8, 4) is 0 Å². The first-order valence-corrected chi connectivity index (χ1v) is 5.36. The van der Waals surface area contributed by atoms with Gasteiger partial charge in [0.1, 0.15) is 5.78 Å². The first-order chi connectivity index (χ1) is 7.09. The molecular formula is C13H19NO. The number of hydrogen-bond acceptors (Lipinski definition) is 2. The molecular weight excluding hydrogens is 186 g/mol. The van der Waals surface area contributed by atoms with Gasteiger partial charge in [-0.3, -0.25) is 4.79 Å². The van der Waals surface area contributed by atoms with E-state index in [-0.39, 0.29) is 5.78 Å². The van der Waals surface area contributed by atoms with Gasteiger partial charge >= 0.3 is 0 Å². The number of benzene rings is 1. The van der Waals surface area contributed by atoms with Crippen molar-refractivity contribution in [2.75, 3.05) is 6.54 Å². The van der Waals surface area contributed by atoms with Crippen LogP contribution in [-0.2, 0) is 11.3 Å². The van der Waals surface area contributed by atoms with Crippen LogP contribution in [0.15, 0.2) is 18.2 Å². The molecule has 1 N–H and O–H groups in total. The predicted molar refractivity (Wildman–Crippen MR) is 62.9 cm³/mol. The van der Waals surface area contributed by atoms with Crippen LogP contribution in [0.2, 0.25) is 0 Å². The molecule has 0 spiro atoms. The summed E-state index contributed by atoms with van der Waals surface area (Å²) in [6.45, 7) is 7.46. The Balaban J connectivity index is 2.38. The van der Waals surface area contributed by atoms with Crippen molar-refractivity contribution in [2.24, 2.45) is 0 Å². The second kappa shape index (κ2) is 5.66. The number of carbonyl (C=O) groups is 1. The lowest BCUT2D eigenvalue weighted by Crippen LogP contribution is -2.16. The molecule has 1 aromatic rings. The summed E-state index contributed by atoms with van der Waals surface area (Å²) in [5.41, 5.74) is 3.92. The molecule has 0 heterocycles. The minimum absolute atomic E-state index is 0.239. The Morgan fingerprint density at radius 2 is 2.00 bits per heavy atom. The predicted octanol–water partition coefficient (Wildman–Crippen LogP) is 2.37. The fourth-order valence-electron chi connectivity index (χ4n) is 1.41. The Morgan fingerprint density at radius 3 is 2.60 bits per heavy atom. The summed E-state index contributed by atoms with van der Waals surface area (Å²) in [7, 11) is 0. The van der Waals surface area contributed by atoms with Crippen LogP contribution in [0.25, 0.3) is 0 Å². The van der Waals surface area contributed by atoms with Crippen molar-refractivity contribution < 1.29 is 4.79 Å². The molecule has 0 atom stereocenters. The monoisotopic (exact) mass is 205 g/mol. The van der Waals surface area contributed by atoms with Crippen LogP contribution in [0.1, 0.15) is 30.0 Å². The van der Waals surface area contributed by atoms with Crippen molar-refractivity contribution in [3.63, 3.8) is 0 Å². The molecule has 1 aromatic carbocycles. The van der Waals surface area contributed by atoms with Gasteiger partial charge in [0.2, 0.25) is 0 Å². The summed E-state index contributed by atoms with van der Waals surface area (Å²) < 4.78 is 0. The van der Waals surface area contributed by atoms with Gasteiger partial charge in [-0.15, -0.1) is 0 Å². The van der Waals surface area contributed by atoms with Crippen LogP contribution >= 0.6 is 0 Å². The Labute approximate surface area is 91.7 Å². The third kappa shape index (κ3) is 4.26. The summed E-state index contributed by atoms with van der Waals surface area (Å²) in [4.78, 5) is 10.7. The summed E-state index contributed by atoms with van der Waals surface area (Å²) in [6, 6.07) is 6.45. The summed E-state index contributed by atoms with van der Waals surface area (Å²) >= 11 is 0. The highest BCUT2D eigenvalue weighted by atomic mass is 16.1. The van der Waals surface area contributed by atoms with Gasteiger partial charge < -0.3 is 5.32 Å². The topological polar surface area (TPSA) is 29.1 Å². The average Bonchev–Trinajstić information content (AvgIpc) is 2.18. The third-order valence-corrected chi connectivity index (χ3v) is 2.55. The van der Waals surface area contributed by atoms with Crippen LogP contribution in [-0.4, -0.2) is 12.3 Å². The Bertz CT molecular complexity index is 344. The van der Waals surface area contributed by atoms with E-state index in [9.17, 15) is 4.79 Å². The van der Waals surface area contributed by atoms with Crippen LogP contribution in [0.3, 0.4) is 0 Å². The van der Waals surface area contributed by atoms with E-state index in [1.807, 2.05) is 0 Å². The Hall–Kier alpha value is -1.15. The van der Waals surface area contributed by atoms with Gasteiger partial charge in [0.05, 0.1) is 0 Å². The second-order valence-corrected chi connectivity index (χ2v) is 4.05. The van der Waals surface area contributed by atoms with E-state index in [2.05, 4.69) is 37.4 Å². The quantitative estimate of drug-likeness (QED) is 0.748. The third-order valence-electron chi connectivity index (χ3n) is 2.55. The van der Waals surface area contributed by atoms with E-state index in [4.69, 9.17) is 0 Å². The molecule has 0 saturated carbocycles. The van der Waals surface area contributed by atoms with Crippen molar-refractivity contribution in [1.29, 1.82) is 0 Å². The standard InChI is InChI=1S/C13H19NO/c1-10-4-5-13(8-11(10)2)9-14-7-6-12(3)15/h4-5,8,14H,6-7,9H2,1-3H3. The molecule has 0 amide bonds. The van der Waals surface area contributed by atoms with Crippen molar-refractivity contribution in [3.05, 3.63) is 34.9 Å². The van der Waals surface area contributed by atoms with Crippen LogP contribution < -0.4 is 5.32 Å². The fraction of sp³-hybridized carbons (Fsp3) is 0.462. The maximum absolute atomic E-state index is 10.7. The van der Waals surface area contributed by atoms with Crippen LogP contribution in [0, 0.1) is 13.8 Å². The minimum Gasteiger partial charge on any atom is -0.312 e. The van der Waals surface area contributed by atoms with Crippen molar-refractivity contribution in [2.45, 2.75) is 33.7 Å². The van der Waals surface area contributed by atoms with Gasteiger partial charge in [0.15, 0.2) is 0 Å². The van der Waals surface area contributed by atoms with Crippen LogP contribution in [0.5, 0.6) is 0 Å². The van der Waals surface area contributed by atoms with E-state index in [1.54, 1.807) is 6.92 Å². The molecule has 0 aromatic heterocycles. The lowest BCUT2D eigenvalue weighted by atomic mass is 10.1. The number of Topliss-reactive ketones (excluding diaryl/α,β-unsaturated/α-hetero) is 1. The van der Waals surface area contributed by atoms with Gasteiger partial charge in [-0.05, 0) is 37.5 Å². The largest absolute Gasteiger partial charge is 0.312 e. The van der Waals surface area contributed by atoms with Gasteiger partial charge in [-0.25, -0.2) is 0 Å². The molecule has 0 aliphatic carbocycles. The summed E-state index contributed by atoms with van der Waals surface area (Å²) in [5, 5.41) is 3.26. The number of nitrogens with one attached hydrogen (secondary N) is 1. The molecule has 0 aliphatic heterocycles. The lowest BCUT2D eigenvalue weighted by Gasteiger charge is -2.06. The molecule has 15 heavy (non-hydrogen) atoms. The second-order valence-electron chi connectivity index (χ2n) is 4.05. The molecule has 82 valence electrons. The number of aryl methyl sites for hydroxylation is 2. The average molecular weight is 205 g/mol. The summed E-state index contributed by atoms with van der Waals surface area (Å²) in [6.07, 6.45) is 0.616. The summed E-state index contributed by atoms with van der Waals surface area (Å²) in [5.74, 6) is 0.239. The first kappa shape index (κ1) is 11.9. The Kier molecular flexibility index (Phi) is 4.50. The zero-order chi connectivity index (χ0) is 11.3. The SMILES string of the molecule is CC(=O)CCNCc1ccc(C)c(C)c1. The van der Waals surface area contributed by atoms with E-state index < -0.39 is 0 Å². The molecule has 2 nitrogen and oxygen atoms in total. The first-order valence-electron chi connectivity index (χ1n) is 5.36. The molecule has 2 heteroatoms. The molecule has 0 fully saturated rings. The molecule has 0 aliphatic rings. The zero-order valence-electron chi connectivity index (χ0n) is 9.76. The number of hydrogen-bond donors (Lipinski definition) is 1. The van der Waals surface area contributed by atoms with Crippen LogP contribution in [0.4, 0.5) is 0 Å². The number of carbonyl (C=O) groups excluding carboxylic acids is 1. The van der Waals surface area contributed by atoms with Crippen molar-refractivity contribution in [1.82, 2.24) is 5.32 Å². The lowest BCUT2D eigenvalue weighted by molar-refractivity contribution is -0.116. The molecule has 0 saturated heterocycles. The molecule has 0 radical (unpaired) electrons. The number of ketones is 1. The fourth-order valence-corrected chi connectivity index (χ4v) is 1.41. The van der Waals surface area contributed by atoms with E-state index in [1.165, 1.54) is 16.7 Å². The van der Waals surface area contributed by atoms with Gasteiger partial charge in [-0.1, -0.05) is 18.2 Å². The van der Waals surface area contributed by atoms with Gasteiger partial charge in [-0.2, -0.15) is 0 Å². The van der Waals surface area contributed by atoms with E-state index >= 15 is 0 Å². The highest BCUT2D eigenvalue weighted by molar-refractivity contribution is 5.75. The molecule has 1 rings (SSSR count). The smallest absolute Gasteiger partial charge is 0.131 e. The minimum atomic E-state index is 0.239. The maximum Gasteiger partial charge on any atom is 0.131 e. The normalized spacial score (nSPS) is 10.3. The van der Waals surface area contributed by atoms with Gasteiger partial charge in [0.25, 0.3) is 0 Å².